The Morgan fingerprint density at radius 2 is 1.75 bits per heavy atom. The molecule has 1 atom stereocenters. The van der Waals surface area contributed by atoms with Crippen molar-refractivity contribution in [2.45, 2.75) is 18.9 Å². The molecule has 20 heavy (non-hydrogen) atoms. The zero-order chi connectivity index (χ0) is 14.0. The molecule has 0 aliphatic rings. The monoisotopic (exact) mass is 300 g/mol. The summed E-state index contributed by atoms with van der Waals surface area (Å²) in [5, 5.41) is 15.1. The highest BCUT2D eigenvalue weighted by atomic mass is 32.1. The summed E-state index contributed by atoms with van der Waals surface area (Å²) in [6, 6.07) is 16.4. The maximum atomic E-state index is 10.9. The van der Waals surface area contributed by atoms with Crippen molar-refractivity contribution in [3.8, 4) is 9.75 Å². The Bertz CT molecular complexity index is 666. The molecule has 0 aliphatic carbocycles. The van der Waals surface area contributed by atoms with E-state index in [0.29, 0.717) is 6.42 Å². The van der Waals surface area contributed by atoms with Crippen LogP contribution in [0.15, 0.2) is 59.3 Å². The van der Waals surface area contributed by atoms with Crippen molar-refractivity contribution in [2.24, 2.45) is 0 Å². The van der Waals surface area contributed by atoms with Crippen LogP contribution in [0.25, 0.3) is 9.75 Å². The fourth-order valence-corrected chi connectivity index (χ4v) is 4.33. The van der Waals surface area contributed by atoms with Crippen molar-refractivity contribution >= 4 is 22.7 Å². The fourth-order valence-electron chi connectivity index (χ4n) is 2.42. The Labute approximate surface area is 127 Å². The molecule has 1 nitrogen and oxygen atoms in total. The van der Waals surface area contributed by atoms with Crippen LogP contribution in [0, 0.1) is 0 Å². The second-order valence-electron chi connectivity index (χ2n) is 5.08. The standard InChI is InChI=1S/C17H16OS2/c1-17(18,12-13-6-3-2-4-7-13)14-9-11-20-16(14)15-8-5-10-19-15/h2-11,18H,12H2,1H3. The third kappa shape index (κ3) is 2.70. The van der Waals surface area contributed by atoms with E-state index in [1.54, 1.807) is 22.7 Å². The minimum absolute atomic E-state index is 0.628. The molecule has 0 aliphatic heterocycles. The van der Waals surface area contributed by atoms with Crippen LogP contribution in [0.2, 0.25) is 0 Å². The first kappa shape index (κ1) is 13.6. The van der Waals surface area contributed by atoms with E-state index in [9.17, 15) is 5.11 Å². The third-order valence-corrected chi connectivity index (χ3v) is 5.35. The molecule has 1 N–H and O–H groups in total. The van der Waals surface area contributed by atoms with Crippen molar-refractivity contribution in [1.82, 2.24) is 0 Å². The number of rotatable bonds is 4. The highest BCUT2D eigenvalue weighted by molar-refractivity contribution is 7.20. The van der Waals surface area contributed by atoms with Gasteiger partial charge in [-0.1, -0.05) is 36.4 Å². The molecule has 1 aromatic carbocycles. The van der Waals surface area contributed by atoms with Gasteiger partial charge in [-0.15, -0.1) is 22.7 Å². The van der Waals surface area contributed by atoms with Crippen LogP contribution in [-0.4, -0.2) is 5.11 Å². The van der Waals surface area contributed by atoms with Gasteiger partial charge in [0.1, 0.15) is 0 Å². The first-order valence-electron chi connectivity index (χ1n) is 6.55. The highest BCUT2D eigenvalue weighted by Gasteiger charge is 2.28. The molecule has 1 unspecified atom stereocenters. The van der Waals surface area contributed by atoms with Crippen LogP contribution in [0.5, 0.6) is 0 Å². The van der Waals surface area contributed by atoms with E-state index in [4.69, 9.17) is 0 Å². The van der Waals surface area contributed by atoms with Crippen LogP contribution in [0.3, 0.4) is 0 Å². The minimum atomic E-state index is -0.847. The first-order valence-corrected chi connectivity index (χ1v) is 8.31. The van der Waals surface area contributed by atoms with E-state index in [1.165, 1.54) is 9.75 Å². The molecule has 2 aromatic heterocycles. The smallest absolute Gasteiger partial charge is 0.0923 e. The number of benzene rings is 1. The molecule has 3 rings (SSSR count). The predicted octanol–water partition coefficient (Wildman–Crippen LogP) is 4.93. The third-order valence-electron chi connectivity index (χ3n) is 3.38. The predicted molar refractivity (Wildman–Crippen MR) is 87.3 cm³/mol. The van der Waals surface area contributed by atoms with Crippen molar-refractivity contribution in [3.63, 3.8) is 0 Å². The maximum Gasteiger partial charge on any atom is 0.0923 e. The average molecular weight is 300 g/mol. The number of hydrogen-bond donors (Lipinski definition) is 1. The summed E-state index contributed by atoms with van der Waals surface area (Å²) in [6.07, 6.45) is 0.628. The highest BCUT2D eigenvalue weighted by Crippen LogP contribution is 2.39. The molecular weight excluding hydrogens is 284 g/mol. The van der Waals surface area contributed by atoms with Gasteiger partial charge < -0.3 is 5.11 Å². The Hall–Kier alpha value is -1.42. The second-order valence-corrected chi connectivity index (χ2v) is 6.94. The van der Waals surface area contributed by atoms with Crippen molar-refractivity contribution < 1.29 is 5.11 Å². The number of hydrogen-bond acceptors (Lipinski definition) is 3. The van der Waals surface area contributed by atoms with Crippen molar-refractivity contribution in [2.75, 3.05) is 0 Å². The van der Waals surface area contributed by atoms with E-state index >= 15 is 0 Å². The summed E-state index contributed by atoms with van der Waals surface area (Å²) in [5.74, 6) is 0. The molecule has 0 spiro atoms. The topological polar surface area (TPSA) is 20.2 Å². The van der Waals surface area contributed by atoms with Gasteiger partial charge in [0.15, 0.2) is 0 Å². The van der Waals surface area contributed by atoms with Gasteiger partial charge in [-0.2, -0.15) is 0 Å². The summed E-state index contributed by atoms with van der Waals surface area (Å²) < 4.78 is 0. The van der Waals surface area contributed by atoms with Gasteiger partial charge in [-0.05, 0) is 35.4 Å². The van der Waals surface area contributed by atoms with Gasteiger partial charge in [0.2, 0.25) is 0 Å². The van der Waals surface area contributed by atoms with Gasteiger partial charge >= 0.3 is 0 Å². The second kappa shape index (κ2) is 5.52. The van der Waals surface area contributed by atoms with Crippen molar-refractivity contribution in [3.05, 3.63) is 70.4 Å². The summed E-state index contributed by atoms with van der Waals surface area (Å²) in [5.41, 5.74) is 1.33. The molecule has 0 saturated carbocycles. The van der Waals surface area contributed by atoms with Crippen LogP contribution < -0.4 is 0 Å². The van der Waals surface area contributed by atoms with Gasteiger partial charge in [0, 0.05) is 16.9 Å². The van der Waals surface area contributed by atoms with E-state index < -0.39 is 5.60 Å². The molecule has 0 bridgehead atoms. The quantitative estimate of drug-likeness (QED) is 0.724. The van der Waals surface area contributed by atoms with E-state index in [0.717, 1.165) is 11.1 Å². The van der Waals surface area contributed by atoms with Gasteiger partial charge in [0.05, 0.1) is 10.5 Å². The van der Waals surface area contributed by atoms with E-state index in [-0.39, 0.29) is 0 Å². The zero-order valence-electron chi connectivity index (χ0n) is 11.2. The SMILES string of the molecule is CC(O)(Cc1ccccc1)c1ccsc1-c1cccs1. The normalized spacial score (nSPS) is 14.1. The first-order chi connectivity index (χ1) is 9.67. The molecule has 102 valence electrons. The number of aliphatic hydroxyl groups is 1. The average Bonchev–Trinajstić information content (AvgIpc) is 3.10. The lowest BCUT2D eigenvalue weighted by molar-refractivity contribution is 0.0586. The number of thiophene rings is 2. The molecule has 3 aromatic rings. The lowest BCUT2D eigenvalue weighted by atomic mass is 9.89. The molecule has 0 fully saturated rings. The molecule has 0 radical (unpaired) electrons. The van der Waals surface area contributed by atoms with E-state index in [1.807, 2.05) is 31.2 Å². The molecule has 3 heteroatoms. The zero-order valence-corrected chi connectivity index (χ0v) is 12.9. The fraction of sp³-hybridized carbons (Fsp3) is 0.176. The summed E-state index contributed by atoms with van der Waals surface area (Å²) >= 11 is 3.41. The van der Waals surface area contributed by atoms with Crippen LogP contribution in [-0.2, 0) is 12.0 Å². The molecule has 0 saturated heterocycles. The minimum Gasteiger partial charge on any atom is -0.385 e. The summed E-state index contributed by atoms with van der Waals surface area (Å²) in [7, 11) is 0. The lowest BCUT2D eigenvalue weighted by Gasteiger charge is -2.24. The Kier molecular flexibility index (Phi) is 3.74. The molecule has 2 heterocycles. The summed E-state index contributed by atoms with van der Waals surface area (Å²) in [6.45, 7) is 1.90. The lowest BCUT2D eigenvalue weighted by Crippen LogP contribution is -2.24. The molecular formula is C17H16OS2. The maximum absolute atomic E-state index is 10.9. The molecule has 0 amide bonds. The van der Waals surface area contributed by atoms with Crippen LogP contribution in [0.1, 0.15) is 18.1 Å². The van der Waals surface area contributed by atoms with Gasteiger partial charge in [-0.3, -0.25) is 0 Å². The Balaban J connectivity index is 1.94. The van der Waals surface area contributed by atoms with E-state index in [2.05, 4.69) is 35.0 Å². The van der Waals surface area contributed by atoms with Crippen molar-refractivity contribution in [1.29, 1.82) is 0 Å². The van der Waals surface area contributed by atoms with Crippen LogP contribution in [0.4, 0.5) is 0 Å². The van der Waals surface area contributed by atoms with Gasteiger partial charge in [-0.25, -0.2) is 0 Å². The largest absolute Gasteiger partial charge is 0.385 e. The van der Waals surface area contributed by atoms with Crippen LogP contribution >= 0.6 is 22.7 Å². The Morgan fingerprint density at radius 3 is 2.45 bits per heavy atom. The van der Waals surface area contributed by atoms with Gasteiger partial charge in [0.25, 0.3) is 0 Å². The summed E-state index contributed by atoms with van der Waals surface area (Å²) in [4.78, 5) is 2.41. The Morgan fingerprint density at radius 1 is 0.950 bits per heavy atom.